The highest BCUT2D eigenvalue weighted by molar-refractivity contribution is 6.31. The number of anilines is 2. The zero-order chi connectivity index (χ0) is 23.6. The van der Waals surface area contributed by atoms with Crippen molar-refractivity contribution in [3.05, 3.63) is 46.7 Å². The van der Waals surface area contributed by atoms with Gasteiger partial charge in [-0.05, 0) is 24.8 Å². The number of carbonyl (C=O) groups is 2. The molecule has 0 aliphatic rings. The summed E-state index contributed by atoms with van der Waals surface area (Å²) in [5, 5.41) is 5.73. The number of quaternary nitrogens is 1. The van der Waals surface area contributed by atoms with E-state index in [4.69, 9.17) is 23.1 Å². The number of aryl methyl sites for hydroxylation is 1. The number of halogens is 1. The number of hydrogen-bond donors (Lipinski definition) is 4. The van der Waals surface area contributed by atoms with Gasteiger partial charge >= 0.3 is 0 Å². The largest absolute Gasteiger partial charge is 0.382 e. The summed E-state index contributed by atoms with van der Waals surface area (Å²) in [5.74, 6) is -0.416. The number of hydrogen-bond acceptors (Lipinski definition) is 6. The van der Waals surface area contributed by atoms with Crippen molar-refractivity contribution in [3.63, 3.8) is 0 Å². The van der Waals surface area contributed by atoms with E-state index in [1.54, 1.807) is 0 Å². The van der Waals surface area contributed by atoms with Crippen molar-refractivity contribution in [1.82, 2.24) is 20.6 Å². The summed E-state index contributed by atoms with van der Waals surface area (Å²) in [7, 11) is 4.19. The quantitative estimate of drug-likeness (QED) is 0.279. The van der Waals surface area contributed by atoms with E-state index in [-0.39, 0.29) is 28.4 Å². The molecule has 6 N–H and O–H groups in total. The molecule has 10 heteroatoms. The molecule has 1 heterocycles. The van der Waals surface area contributed by atoms with Gasteiger partial charge in [0.25, 0.3) is 5.91 Å². The molecule has 0 radical (unpaired) electrons. The summed E-state index contributed by atoms with van der Waals surface area (Å²) in [6, 6.07) is 10.00. The van der Waals surface area contributed by atoms with Crippen LogP contribution in [0.4, 0.5) is 11.6 Å². The van der Waals surface area contributed by atoms with E-state index >= 15 is 0 Å². The Bertz CT molecular complexity index is 907. The summed E-state index contributed by atoms with van der Waals surface area (Å²) < 4.78 is 0.728. The van der Waals surface area contributed by atoms with Gasteiger partial charge in [-0.25, -0.2) is 9.97 Å². The first kappa shape index (κ1) is 25.4. The van der Waals surface area contributed by atoms with Crippen molar-refractivity contribution in [1.29, 1.82) is 0 Å². The van der Waals surface area contributed by atoms with E-state index in [2.05, 4.69) is 34.7 Å². The van der Waals surface area contributed by atoms with Crippen molar-refractivity contribution >= 4 is 35.1 Å². The smallest absolute Gasteiger partial charge is 0.273 e. The maximum atomic E-state index is 12.3. The number of unbranched alkanes of at least 4 members (excludes halogenated alkanes) is 1. The van der Waals surface area contributed by atoms with Crippen LogP contribution < -0.4 is 22.1 Å². The Labute approximate surface area is 194 Å². The average Bonchev–Trinajstić information content (AvgIpc) is 2.75. The summed E-state index contributed by atoms with van der Waals surface area (Å²) in [4.78, 5) is 32.0. The van der Waals surface area contributed by atoms with E-state index < -0.39 is 5.91 Å². The lowest BCUT2D eigenvalue weighted by atomic mass is 10.1. The lowest BCUT2D eigenvalue weighted by Gasteiger charge is -2.30. The molecule has 2 aromatic rings. The minimum absolute atomic E-state index is 0.00843. The third-order valence-electron chi connectivity index (χ3n) is 5.12. The van der Waals surface area contributed by atoms with Crippen LogP contribution in [0.2, 0.25) is 5.15 Å². The third-order valence-corrected chi connectivity index (χ3v) is 5.40. The monoisotopic (exact) mass is 462 g/mol. The number of nitrogens with zero attached hydrogens (tertiary/aromatic N) is 3. The topological polar surface area (TPSA) is 136 Å². The zero-order valence-corrected chi connectivity index (χ0v) is 19.5. The second-order valence-electron chi connectivity index (χ2n) is 8.32. The molecule has 1 aromatic carbocycles. The van der Waals surface area contributed by atoms with Crippen LogP contribution in [-0.4, -0.2) is 66.5 Å². The fraction of sp³-hybridized carbons (Fsp3) is 0.455. The van der Waals surface area contributed by atoms with Crippen LogP contribution in [0.5, 0.6) is 0 Å². The molecular weight excluding hydrogens is 430 g/mol. The van der Waals surface area contributed by atoms with Gasteiger partial charge in [0.2, 0.25) is 5.91 Å². The highest BCUT2D eigenvalue weighted by Crippen LogP contribution is 2.17. The van der Waals surface area contributed by atoms with E-state index in [0.717, 1.165) is 36.8 Å². The number of nitrogens with one attached hydrogen (secondary N) is 2. The molecule has 2 rings (SSSR count). The number of benzene rings is 1. The minimum atomic E-state index is -0.435. The van der Waals surface area contributed by atoms with Crippen LogP contribution in [0.3, 0.4) is 0 Å². The molecule has 0 atom stereocenters. The van der Waals surface area contributed by atoms with Gasteiger partial charge in [-0.15, -0.1) is 0 Å². The first-order valence-electron chi connectivity index (χ1n) is 10.7. The number of nitrogen functional groups attached to an aromatic ring is 2. The van der Waals surface area contributed by atoms with Crippen molar-refractivity contribution in [2.75, 3.05) is 51.7 Å². The van der Waals surface area contributed by atoms with Crippen molar-refractivity contribution in [3.8, 4) is 0 Å². The summed E-state index contributed by atoms with van der Waals surface area (Å²) in [5.41, 5.74) is 12.4. The number of likely N-dealkylation sites (N-methyl/N-ethyl adjacent to an activating group) is 1. The summed E-state index contributed by atoms with van der Waals surface area (Å²) in [6.45, 7) is 2.77. The Hall–Kier alpha value is -2.91. The van der Waals surface area contributed by atoms with Gasteiger partial charge in [0.15, 0.2) is 22.5 Å². The van der Waals surface area contributed by atoms with E-state index in [1.807, 2.05) is 30.3 Å². The predicted molar refractivity (Wildman–Crippen MR) is 127 cm³/mol. The van der Waals surface area contributed by atoms with Crippen LogP contribution in [0.1, 0.15) is 35.3 Å². The van der Waals surface area contributed by atoms with Crippen molar-refractivity contribution < 1.29 is 14.1 Å². The van der Waals surface area contributed by atoms with Crippen molar-refractivity contribution in [2.24, 2.45) is 0 Å². The Morgan fingerprint density at radius 2 is 1.69 bits per heavy atom. The van der Waals surface area contributed by atoms with Gasteiger partial charge in [0.1, 0.15) is 0 Å². The third kappa shape index (κ3) is 8.68. The second-order valence-corrected chi connectivity index (χ2v) is 8.67. The Kier molecular flexibility index (Phi) is 9.67. The first-order chi connectivity index (χ1) is 15.2. The molecule has 2 amide bonds. The molecule has 32 heavy (non-hydrogen) atoms. The number of aromatic nitrogens is 2. The van der Waals surface area contributed by atoms with E-state index in [1.165, 1.54) is 5.56 Å². The molecule has 0 bridgehead atoms. The SMILES string of the molecule is C[N+](C)(CCCCNC(=O)CCc1ccccc1)CCNC(=O)c1nc(Cl)c(N)nc1N. The molecular formula is C22H33ClN7O2+. The molecule has 1 aromatic heterocycles. The van der Waals surface area contributed by atoms with Crippen molar-refractivity contribution in [2.45, 2.75) is 25.7 Å². The zero-order valence-electron chi connectivity index (χ0n) is 18.7. The average molecular weight is 463 g/mol. The van der Waals surface area contributed by atoms with Gasteiger partial charge in [-0.2, -0.15) is 0 Å². The fourth-order valence-electron chi connectivity index (χ4n) is 3.16. The van der Waals surface area contributed by atoms with Crippen LogP contribution in [0, 0.1) is 0 Å². The van der Waals surface area contributed by atoms with Gasteiger partial charge in [0.05, 0.1) is 33.7 Å². The van der Waals surface area contributed by atoms with Gasteiger partial charge < -0.3 is 26.6 Å². The minimum Gasteiger partial charge on any atom is -0.382 e. The number of amides is 2. The van der Waals surface area contributed by atoms with Crippen LogP contribution in [-0.2, 0) is 11.2 Å². The highest BCUT2D eigenvalue weighted by Gasteiger charge is 2.18. The van der Waals surface area contributed by atoms with Gasteiger partial charge in [-0.3, -0.25) is 9.59 Å². The van der Waals surface area contributed by atoms with Crippen LogP contribution in [0.25, 0.3) is 0 Å². The molecule has 0 saturated heterocycles. The Morgan fingerprint density at radius 1 is 0.969 bits per heavy atom. The van der Waals surface area contributed by atoms with Gasteiger partial charge in [-0.1, -0.05) is 41.9 Å². The molecule has 9 nitrogen and oxygen atoms in total. The lowest BCUT2D eigenvalue weighted by Crippen LogP contribution is -2.46. The molecule has 0 fully saturated rings. The molecule has 0 spiro atoms. The molecule has 0 aliphatic heterocycles. The summed E-state index contributed by atoms with van der Waals surface area (Å²) in [6.07, 6.45) is 3.12. The van der Waals surface area contributed by atoms with E-state index in [0.29, 0.717) is 19.5 Å². The van der Waals surface area contributed by atoms with Crippen LogP contribution >= 0.6 is 11.6 Å². The summed E-state index contributed by atoms with van der Waals surface area (Å²) >= 11 is 5.82. The predicted octanol–water partition coefficient (Wildman–Crippen LogP) is 1.63. The second kappa shape index (κ2) is 12.2. The normalized spacial score (nSPS) is 11.2. The van der Waals surface area contributed by atoms with E-state index in [9.17, 15) is 9.59 Å². The highest BCUT2D eigenvalue weighted by atomic mass is 35.5. The maximum Gasteiger partial charge on any atom is 0.273 e. The standard InChI is InChI=1S/C22H32ClN7O2/c1-30(2,15-13-27-22(32)18-20(24)29-21(25)19(23)28-18)14-7-6-12-26-17(31)11-10-16-8-4-3-5-9-16/h3-5,8-9H,6-7,10-15H2,1-2H3,(H5-,24,25,26,27,29,31,32)/p+1. The van der Waals surface area contributed by atoms with Gasteiger partial charge in [0, 0.05) is 13.0 Å². The number of rotatable bonds is 12. The first-order valence-corrected chi connectivity index (χ1v) is 11.0. The molecule has 0 unspecified atom stereocenters. The Balaban J connectivity index is 1.60. The lowest BCUT2D eigenvalue weighted by molar-refractivity contribution is -0.889. The van der Waals surface area contributed by atoms with Crippen LogP contribution in [0.15, 0.2) is 30.3 Å². The fourth-order valence-corrected chi connectivity index (χ4v) is 3.29. The molecule has 0 aliphatic carbocycles. The number of carbonyl (C=O) groups excluding carboxylic acids is 2. The molecule has 174 valence electrons. The number of nitrogens with two attached hydrogens (primary N) is 2. The molecule has 0 saturated carbocycles. The maximum absolute atomic E-state index is 12.3. The Morgan fingerprint density at radius 3 is 2.41 bits per heavy atom.